The summed E-state index contributed by atoms with van der Waals surface area (Å²) in [7, 11) is 0. The summed E-state index contributed by atoms with van der Waals surface area (Å²) in [6, 6.07) is 0.613. The molecule has 0 atom stereocenters. The average molecular weight is 228 g/mol. The molecular weight excluding hydrogens is 208 g/mol. The summed E-state index contributed by atoms with van der Waals surface area (Å²) in [4.78, 5) is 4.51. The highest BCUT2D eigenvalue weighted by molar-refractivity contribution is 7.99. The van der Waals surface area contributed by atoms with Crippen molar-refractivity contribution in [2.24, 2.45) is 16.8 Å². The summed E-state index contributed by atoms with van der Waals surface area (Å²) < 4.78 is 0. The van der Waals surface area contributed by atoms with E-state index in [1.54, 1.807) is 0 Å². The Morgan fingerprint density at radius 2 is 2.00 bits per heavy atom. The molecule has 2 aliphatic rings. The molecule has 0 aromatic heterocycles. The van der Waals surface area contributed by atoms with E-state index in [2.05, 4.69) is 27.5 Å². The third-order valence-corrected chi connectivity index (χ3v) is 3.95. The number of guanidine groups is 1. The van der Waals surface area contributed by atoms with E-state index < -0.39 is 0 Å². The summed E-state index contributed by atoms with van der Waals surface area (Å²) in [6.45, 7) is 0.916. The zero-order valence-corrected chi connectivity index (χ0v) is 9.85. The zero-order valence-electron chi connectivity index (χ0n) is 9.04. The van der Waals surface area contributed by atoms with E-state index in [0.717, 1.165) is 18.4 Å². The Morgan fingerprint density at radius 1 is 1.27 bits per heavy atom. The molecule has 0 aromatic carbocycles. The lowest BCUT2D eigenvalue weighted by Crippen LogP contribution is -2.43. The van der Waals surface area contributed by atoms with Crippen LogP contribution in [0.4, 0.5) is 0 Å². The van der Waals surface area contributed by atoms with E-state index in [-0.39, 0.29) is 0 Å². The molecule has 1 aliphatic heterocycles. The molecule has 0 radical (unpaired) electrons. The van der Waals surface area contributed by atoms with Crippen molar-refractivity contribution < 1.29 is 0 Å². The molecule has 2 fully saturated rings. The molecule has 4 nitrogen and oxygen atoms in total. The molecule has 2 rings (SSSR count). The number of hydrogen-bond donors (Lipinski definition) is 3. The molecular formula is C10H20N4S. The van der Waals surface area contributed by atoms with Gasteiger partial charge in [-0.15, -0.1) is 0 Å². The fourth-order valence-corrected chi connectivity index (χ4v) is 2.91. The lowest BCUT2D eigenvalue weighted by Gasteiger charge is -2.19. The molecule has 0 unspecified atom stereocenters. The van der Waals surface area contributed by atoms with Gasteiger partial charge in [-0.05, 0) is 43.1 Å². The number of aliphatic imine (C=N–C) groups is 1. The summed E-state index contributed by atoms with van der Waals surface area (Å²) in [5.41, 5.74) is 2.65. The maximum absolute atomic E-state index is 5.42. The molecule has 4 N–H and O–H groups in total. The third-order valence-electron chi connectivity index (χ3n) is 2.90. The molecule has 5 heteroatoms. The number of thioether (sulfide) groups is 1. The summed E-state index contributed by atoms with van der Waals surface area (Å²) in [5, 5.41) is 3.29. The molecule has 1 saturated carbocycles. The van der Waals surface area contributed by atoms with Crippen LogP contribution in [0.5, 0.6) is 0 Å². The van der Waals surface area contributed by atoms with Crippen LogP contribution >= 0.6 is 11.8 Å². The van der Waals surface area contributed by atoms with Crippen molar-refractivity contribution in [3.8, 4) is 0 Å². The monoisotopic (exact) mass is 228 g/mol. The van der Waals surface area contributed by atoms with Gasteiger partial charge in [0.05, 0.1) is 0 Å². The number of hydrazine groups is 1. The van der Waals surface area contributed by atoms with Gasteiger partial charge < -0.3 is 5.32 Å². The van der Waals surface area contributed by atoms with Crippen LogP contribution in [-0.2, 0) is 0 Å². The van der Waals surface area contributed by atoms with Gasteiger partial charge in [0.15, 0.2) is 0 Å². The maximum atomic E-state index is 5.42. The van der Waals surface area contributed by atoms with Gasteiger partial charge in [-0.1, -0.05) is 0 Å². The summed E-state index contributed by atoms with van der Waals surface area (Å²) in [5.74, 6) is 9.54. The van der Waals surface area contributed by atoms with Crippen molar-refractivity contribution in [2.75, 3.05) is 18.1 Å². The van der Waals surface area contributed by atoms with Gasteiger partial charge in [0.1, 0.15) is 0 Å². The van der Waals surface area contributed by atoms with Gasteiger partial charge in [0, 0.05) is 12.6 Å². The van der Waals surface area contributed by atoms with Crippen LogP contribution in [0.25, 0.3) is 0 Å². The van der Waals surface area contributed by atoms with E-state index in [1.807, 2.05) is 0 Å². The lowest BCUT2D eigenvalue weighted by molar-refractivity contribution is 0.501. The first-order valence-electron chi connectivity index (χ1n) is 5.74. The number of nitrogens with two attached hydrogens (primary N) is 1. The van der Waals surface area contributed by atoms with Crippen LogP contribution in [0.3, 0.4) is 0 Å². The normalized spacial score (nSPS) is 23.9. The Kier molecular flexibility index (Phi) is 4.14. The fraction of sp³-hybridized carbons (Fsp3) is 0.900. The van der Waals surface area contributed by atoms with Gasteiger partial charge in [-0.25, -0.2) is 5.84 Å². The smallest absolute Gasteiger partial charge is 0.205 e. The van der Waals surface area contributed by atoms with Crippen molar-refractivity contribution in [2.45, 2.75) is 31.7 Å². The predicted octanol–water partition coefficient (Wildman–Crippen LogP) is 0.701. The topological polar surface area (TPSA) is 62.4 Å². The Bertz CT molecular complexity index is 221. The van der Waals surface area contributed by atoms with E-state index in [4.69, 9.17) is 5.84 Å². The molecule has 0 amide bonds. The minimum atomic E-state index is 0.613. The number of nitrogens with one attached hydrogen (secondary N) is 2. The Morgan fingerprint density at radius 3 is 2.60 bits per heavy atom. The first-order valence-corrected chi connectivity index (χ1v) is 6.89. The largest absolute Gasteiger partial charge is 0.353 e. The fourth-order valence-electron chi connectivity index (χ4n) is 1.70. The van der Waals surface area contributed by atoms with Crippen molar-refractivity contribution in [1.82, 2.24) is 10.7 Å². The van der Waals surface area contributed by atoms with Crippen LogP contribution < -0.4 is 16.6 Å². The van der Waals surface area contributed by atoms with Crippen LogP contribution in [0.2, 0.25) is 0 Å². The second kappa shape index (κ2) is 5.61. The molecule has 15 heavy (non-hydrogen) atoms. The van der Waals surface area contributed by atoms with Crippen molar-refractivity contribution in [3.05, 3.63) is 0 Å². The lowest BCUT2D eigenvalue weighted by atomic mass is 10.0. The first kappa shape index (κ1) is 11.1. The minimum Gasteiger partial charge on any atom is -0.353 e. The van der Waals surface area contributed by atoms with E-state index in [1.165, 1.54) is 37.2 Å². The highest BCUT2D eigenvalue weighted by Crippen LogP contribution is 2.23. The second-order valence-corrected chi connectivity index (χ2v) is 5.53. The Hall–Kier alpha value is -0.420. The Labute approximate surface area is 95.4 Å². The van der Waals surface area contributed by atoms with Crippen LogP contribution in [0.1, 0.15) is 25.7 Å². The molecule has 0 bridgehead atoms. The van der Waals surface area contributed by atoms with Gasteiger partial charge in [-0.2, -0.15) is 11.8 Å². The van der Waals surface area contributed by atoms with Gasteiger partial charge >= 0.3 is 0 Å². The predicted molar refractivity (Wildman–Crippen MR) is 65.8 cm³/mol. The van der Waals surface area contributed by atoms with Gasteiger partial charge in [0.25, 0.3) is 0 Å². The van der Waals surface area contributed by atoms with Crippen LogP contribution in [0.15, 0.2) is 4.99 Å². The molecule has 1 heterocycles. The highest BCUT2D eigenvalue weighted by Gasteiger charge is 2.22. The van der Waals surface area contributed by atoms with Crippen molar-refractivity contribution >= 4 is 17.7 Å². The van der Waals surface area contributed by atoms with E-state index in [0.29, 0.717) is 6.04 Å². The number of nitrogens with zero attached hydrogens (tertiary/aromatic N) is 1. The third kappa shape index (κ3) is 3.91. The minimum absolute atomic E-state index is 0.613. The molecule has 0 spiro atoms. The maximum Gasteiger partial charge on any atom is 0.205 e. The number of hydrogen-bond acceptors (Lipinski definition) is 3. The highest BCUT2D eigenvalue weighted by atomic mass is 32.2. The van der Waals surface area contributed by atoms with Crippen molar-refractivity contribution in [3.63, 3.8) is 0 Å². The molecule has 1 aliphatic carbocycles. The molecule has 1 saturated heterocycles. The van der Waals surface area contributed by atoms with E-state index >= 15 is 0 Å². The standard InChI is InChI=1S/C10H20N4S/c11-14-10(13-9-1-2-9)12-7-8-3-5-15-6-4-8/h8-9H,1-7,11H2,(H2,12,13,14). The van der Waals surface area contributed by atoms with Crippen molar-refractivity contribution in [1.29, 1.82) is 0 Å². The average Bonchev–Trinajstić information content (AvgIpc) is 3.09. The van der Waals surface area contributed by atoms with Crippen LogP contribution in [-0.4, -0.2) is 30.1 Å². The van der Waals surface area contributed by atoms with E-state index in [9.17, 15) is 0 Å². The first-order chi connectivity index (χ1) is 7.38. The zero-order chi connectivity index (χ0) is 10.5. The summed E-state index contributed by atoms with van der Waals surface area (Å²) >= 11 is 2.05. The quantitative estimate of drug-likeness (QED) is 0.288. The molecule has 0 aromatic rings. The molecule has 86 valence electrons. The van der Waals surface area contributed by atoms with Gasteiger partial charge in [-0.3, -0.25) is 10.4 Å². The van der Waals surface area contributed by atoms with Gasteiger partial charge in [0.2, 0.25) is 5.96 Å². The SMILES string of the molecule is NNC(=NCC1CCSCC1)NC1CC1. The Balaban J connectivity index is 1.73. The number of rotatable bonds is 3. The second-order valence-electron chi connectivity index (χ2n) is 4.31. The van der Waals surface area contributed by atoms with Crippen LogP contribution in [0, 0.1) is 5.92 Å². The summed E-state index contributed by atoms with van der Waals surface area (Å²) in [6.07, 6.45) is 5.10.